The second kappa shape index (κ2) is 10.7. The van der Waals surface area contributed by atoms with E-state index < -0.39 is 23.1 Å². The average Bonchev–Trinajstić information content (AvgIpc) is 3.28. The SMILES string of the molecule is CC(=O)Oc1cc(O)c2c3c1C[C@@H]1[C@@H]4CC[C@@H](N(CC(C)C)C(=O)CCc5ccc(C(F)(F)F)cc5)[C@H](O2)[C@]34CCN1C. The van der Waals surface area contributed by atoms with Gasteiger partial charge in [-0.25, -0.2) is 0 Å². The molecule has 7 nitrogen and oxygen atoms in total. The number of likely N-dealkylation sites (tertiary alicyclic amines) is 1. The number of esters is 1. The zero-order valence-electron chi connectivity index (χ0n) is 25.0. The molecule has 2 fully saturated rings. The van der Waals surface area contributed by atoms with Gasteiger partial charge in [0.15, 0.2) is 11.5 Å². The van der Waals surface area contributed by atoms with Crippen molar-refractivity contribution in [1.29, 1.82) is 0 Å². The van der Waals surface area contributed by atoms with Crippen LogP contribution >= 0.6 is 0 Å². The van der Waals surface area contributed by atoms with E-state index in [-0.39, 0.29) is 48.1 Å². The van der Waals surface area contributed by atoms with Crippen molar-refractivity contribution in [2.45, 2.75) is 89.1 Å². The van der Waals surface area contributed by atoms with Gasteiger partial charge in [0.2, 0.25) is 5.91 Å². The predicted molar refractivity (Wildman–Crippen MR) is 153 cm³/mol. The van der Waals surface area contributed by atoms with E-state index in [0.717, 1.165) is 49.1 Å². The van der Waals surface area contributed by atoms with E-state index in [1.807, 2.05) is 4.90 Å². The van der Waals surface area contributed by atoms with Crippen LogP contribution in [0.2, 0.25) is 0 Å². The van der Waals surface area contributed by atoms with Gasteiger partial charge in [-0.1, -0.05) is 26.0 Å². The third-order valence-corrected chi connectivity index (χ3v) is 10.1. The Morgan fingerprint density at radius 2 is 1.93 bits per heavy atom. The van der Waals surface area contributed by atoms with Gasteiger partial charge >= 0.3 is 12.1 Å². The molecule has 5 atom stereocenters. The highest BCUT2D eigenvalue weighted by Gasteiger charge is 2.67. The van der Waals surface area contributed by atoms with Crippen LogP contribution in [0, 0.1) is 11.8 Å². The Morgan fingerprint density at radius 1 is 1.21 bits per heavy atom. The third kappa shape index (κ3) is 4.95. The minimum Gasteiger partial charge on any atom is -0.504 e. The van der Waals surface area contributed by atoms with Gasteiger partial charge in [0.1, 0.15) is 11.9 Å². The molecule has 2 aromatic carbocycles. The van der Waals surface area contributed by atoms with Gasteiger partial charge in [0, 0.05) is 48.5 Å². The Balaban J connectivity index is 1.33. The molecule has 1 amide bonds. The largest absolute Gasteiger partial charge is 0.504 e. The number of amides is 1. The van der Waals surface area contributed by atoms with Crippen LogP contribution < -0.4 is 9.47 Å². The topological polar surface area (TPSA) is 79.3 Å². The lowest BCUT2D eigenvalue weighted by atomic mass is 9.51. The Morgan fingerprint density at radius 3 is 2.58 bits per heavy atom. The van der Waals surface area contributed by atoms with Crippen LogP contribution in [0.3, 0.4) is 0 Å². The average molecular weight is 601 g/mol. The first-order chi connectivity index (χ1) is 20.3. The number of carbonyl (C=O) groups excluding carboxylic acids is 2. The van der Waals surface area contributed by atoms with Crippen LogP contribution in [0.4, 0.5) is 13.2 Å². The normalized spacial score (nSPS) is 27.4. The molecule has 2 bridgehead atoms. The second-order valence-electron chi connectivity index (χ2n) is 13.1. The quantitative estimate of drug-likeness (QED) is 0.335. The number of aryl methyl sites for hydroxylation is 1. The van der Waals surface area contributed by atoms with E-state index in [1.165, 1.54) is 25.1 Å². The Hall–Kier alpha value is -3.27. The van der Waals surface area contributed by atoms with Crippen molar-refractivity contribution in [3.63, 3.8) is 0 Å². The smallest absolute Gasteiger partial charge is 0.416 e. The number of carbonyl (C=O) groups is 2. The minimum atomic E-state index is -4.40. The molecule has 10 heteroatoms. The minimum absolute atomic E-state index is 0.0571. The number of rotatable bonds is 7. The molecule has 232 valence electrons. The number of nitrogens with zero attached hydrogens (tertiary/aromatic N) is 2. The van der Waals surface area contributed by atoms with Crippen LogP contribution in [0.5, 0.6) is 17.2 Å². The molecule has 2 heterocycles. The monoisotopic (exact) mass is 600 g/mol. The third-order valence-electron chi connectivity index (χ3n) is 10.1. The molecule has 1 saturated carbocycles. The van der Waals surface area contributed by atoms with Crippen LogP contribution in [0.1, 0.15) is 68.7 Å². The lowest BCUT2D eigenvalue weighted by Crippen LogP contribution is -2.69. The van der Waals surface area contributed by atoms with Gasteiger partial charge in [-0.05, 0) is 75.2 Å². The number of hydrogen-bond donors (Lipinski definition) is 1. The summed E-state index contributed by atoms with van der Waals surface area (Å²) < 4.78 is 51.4. The number of alkyl halides is 3. The maximum Gasteiger partial charge on any atom is 0.416 e. The number of hydrogen-bond acceptors (Lipinski definition) is 6. The van der Waals surface area contributed by atoms with E-state index in [0.29, 0.717) is 36.4 Å². The molecule has 0 aromatic heterocycles. The molecule has 1 saturated heterocycles. The Labute approximate surface area is 249 Å². The number of piperidine rings is 1. The van der Waals surface area contributed by atoms with Crippen LogP contribution in [0.15, 0.2) is 30.3 Å². The van der Waals surface area contributed by atoms with Gasteiger partial charge < -0.3 is 24.4 Å². The lowest BCUT2D eigenvalue weighted by molar-refractivity contribution is -0.143. The zero-order valence-corrected chi connectivity index (χ0v) is 25.0. The number of phenols is 1. The molecule has 0 unspecified atom stereocenters. The summed E-state index contributed by atoms with van der Waals surface area (Å²) in [6, 6.07) is 6.46. The van der Waals surface area contributed by atoms with Crippen LogP contribution in [0.25, 0.3) is 0 Å². The Bertz CT molecular complexity index is 1430. The molecular weight excluding hydrogens is 561 g/mol. The summed E-state index contributed by atoms with van der Waals surface area (Å²) in [6.07, 6.45) is -1.15. The number of halogens is 3. The number of benzene rings is 2. The van der Waals surface area contributed by atoms with Crippen molar-refractivity contribution < 1.29 is 37.3 Å². The van der Waals surface area contributed by atoms with Gasteiger partial charge in [-0.15, -0.1) is 0 Å². The fourth-order valence-electron chi connectivity index (χ4n) is 8.40. The van der Waals surface area contributed by atoms with Gasteiger partial charge in [0.05, 0.1) is 11.6 Å². The Kier molecular flexibility index (Phi) is 7.42. The first-order valence-corrected chi connectivity index (χ1v) is 15.2. The highest BCUT2D eigenvalue weighted by molar-refractivity contribution is 5.77. The molecule has 1 N–H and O–H groups in total. The molecule has 1 spiro atoms. The van der Waals surface area contributed by atoms with E-state index in [4.69, 9.17) is 9.47 Å². The molecule has 43 heavy (non-hydrogen) atoms. The number of phenolic OH excluding ortho intramolecular Hbond substituents is 1. The summed E-state index contributed by atoms with van der Waals surface area (Å²) in [5.74, 6) is 0.697. The summed E-state index contributed by atoms with van der Waals surface area (Å²) in [5, 5.41) is 11.1. The predicted octanol–water partition coefficient (Wildman–Crippen LogP) is 5.49. The van der Waals surface area contributed by atoms with E-state index in [1.54, 1.807) is 0 Å². The maximum absolute atomic E-state index is 13.9. The van der Waals surface area contributed by atoms with Crippen molar-refractivity contribution in [2.75, 3.05) is 20.1 Å². The number of likely N-dealkylation sites (N-methyl/N-ethyl adjacent to an activating group) is 1. The molecule has 2 aliphatic carbocycles. The second-order valence-corrected chi connectivity index (χ2v) is 13.1. The lowest BCUT2D eigenvalue weighted by Gasteiger charge is -2.60. The summed E-state index contributed by atoms with van der Waals surface area (Å²) in [6.45, 7) is 6.84. The fourth-order valence-corrected chi connectivity index (χ4v) is 8.40. The maximum atomic E-state index is 13.9. The molecule has 4 aliphatic rings. The van der Waals surface area contributed by atoms with Crippen molar-refractivity contribution >= 4 is 11.9 Å². The molecule has 2 aliphatic heterocycles. The summed E-state index contributed by atoms with van der Waals surface area (Å²) >= 11 is 0. The van der Waals surface area contributed by atoms with Crippen LogP contribution in [-0.4, -0.2) is 65.1 Å². The van der Waals surface area contributed by atoms with Gasteiger partial charge in [-0.3, -0.25) is 9.59 Å². The van der Waals surface area contributed by atoms with E-state index in [9.17, 15) is 27.9 Å². The highest BCUT2D eigenvalue weighted by atomic mass is 19.4. The molecular formula is C33H39F3N2O5. The number of aromatic hydroxyl groups is 1. The first kappa shape index (κ1) is 29.8. The van der Waals surface area contributed by atoms with Crippen molar-refractivity contribution in [3.05, 3.63) is 52.6 Å². The van der Waals surface area contributed by atoms with Gasteiger partial charge in [0.25, 0.3) is 0 Å². The van der Waals surface area contributed by atoms with E-state index >= 15 is 0 Å². The molecule has 2 aromatic rings. The summed E-state index contributed by atoms with van der Waals surface area (Å²) in [7, 11) is 2.13. The summed E-state index contributed by atoms with van der Waals surface area (Å²) in [5.41, 5.74) is 1.38. The van der Waals surface area contributed by atoms with Crippen molar-refractivity contribution in [1.82, 2.24) is 9.80 Å². The van der Waals surface area contributed by atoms with Gasteiger partial charge in [-0.2, -0.15) is 13.2 Å². The zero-order chi connectivity index (χ0) is 30.8. The number of ether oxygens (including phenoxy) is 2. The summed E-state index contributed by atoms with van der Waals surface area (Å²) in [4.78, 5) is 30.3. The standard InChI is InChI=1S/C33H39F3N2O5/c1-18(2)17-38(28(41)12-7-20-5-8-21(9-6-20)33(34,35)36)24-11-10-23-25-15-22-27(42-19(3)39)16-26(40)30-29(22)32(23,31(24)43-30)13-14-37(25)4/h5-6,8-9,16,18,23-25,31,40H,7,10-15,17H2,1-4H3/t23-,24+,25+,31-,32-/m0/s1. The van der Waals surface area contributed by atoms with Crippen molar-refractivity contribution in [2.24, 2.45) is 11.8 Å². The molecule has 0 radical (unpaired) electrons. The highest BCUT2D eigenvalue weighted by Crippen LogP contribution is 2.65. The van der Waals surface area contributed by atoms with Crippen LogP contribution in [-0.2, 0) is 34.0 Å². The molecule has 6 rings (SSSR count). The first-order valence-electron chi connectivity index (χ1n) is 15.2. The van der Waals surface area contributed by atoms with Crippen molar-refractivity contribution in [3.8, 4) is 17.2 Å². The van der Waals surface area contributed by atoms with E-state index in [2.05, 4.69) is 25.8 Å². The fraction of sp³-hybridized carbons (Fsp3) is 0.576.